The molecule has 27 heavy (non-hydrogen) atoms. The lowest BCUT2D eigenvalue weighted by Gasteiger charge is -2.38. The Hall–Kier alpha value is -2.17. The van der Waals surface area contributed by atoms with Crippen molar-refractivity contribution >= 4 is 22.7 Å². The number of anilines is 1. The van der Waals surface area contributed by atoms with E-state index in [0.717, 1.165) is 17.0 Å². The van der Waals surface area contributed by atoms with E-state index in [-0.39, 0.29) is 24.8 Å². The Kier molecular flexibility index (Phi) is 5.68. The third-order valence-electron chi connectivity index (χ3n) is 4.41. The predicted molar refractivity (Wildman–Crippen MR) is 93.9 cm³/mol. The van der Waals surface area contributed by atoms with Crippen LogP contribution in [-0.2, 0) is 10.9 Å². The standard InChI is InChI=1S/C17H17F3N2O4S/c18-17(19,20)13-8-11(3-4-14(13)22(24)25)21-5-6-26-10-12(21)9-15(23)16-2-1-7-27-16/h1-4,7-8,12,15,23H,5-6,9-10H2. The van der Waals surface area contributed by atoms with E-state index < -0.39 is 28.5 Å². The van der Waals surface area contributed by atoms with Crippen molar-refractivity contribution in [2.75, 3.05) is 24.7 Å². The first kappa shape index (κ1) is 19.6. The zero-order chi connectivity index (χ0) is 19.6. The Labute approximate surface area is 156 Å². The molecule has 2 heterocycles. The van der Waals surface area contributed by atoms with Crippen LogP contribution in [0.2, 0.25) is 0 Å². The van der Waals surface area contributed by atoms with Gasteiger partial charge in [0.15, 0.2) is 0 Å². The van der Waals surface area contributed by atoms with Crippen molar-refractivity contribution in [1.82, 2.24) is 0 Å². The van der Waals surface area contributed by atoms with Gasteiger partial charge in [0.05, 0.1) is 30.3 Å². The number of morpholine rings is 1. The maximum atomic E-state index is 13.3. The van der Waals surface area contributed by atoms with Crippen LogP contribution >= 0.6 is 11.3 Å². The number of aliphatic hydroxyl groups is 1. The van der Waals surface area contributed by atoms with Gasteiger partial charge in [-0.1, -0.05) is 6.07 Å². The quantitative estimate of drug-likeness (QED) is 0.604. The summed E-state index contributed by atoms with van der Waals surface area (Å²) in [6.07, 6.45) is -5.32. The number of ether oxygens (including phenoxy) is 1. The van der Waals surface area contributed by atoms with Gasteiger partial charge in [0.2, 0.25) is 0 Å². The van der Waals surface area contributed by atoms with Crippen LogP contribution in [0.1, 0.15) is 23.0 Å². The van der Waals surface area contributed by atoms with Gasteiger partial charge in [-0.2, -0.15) is 13.2 Å². The van der Waals surface area contributed by atoms with E-state index in [2.05, 4.69) is 0 Å². The fourth-order valence-corrected chi connectivity index (χ4v) is 3.86. The van der Waals surface area contributed by atoms with Gasteiger partial charge in [0.25, 0.3) is 5.69 Å². The molecule has 6 nitrogen and oxygen atoms in total. The second-order valence-electron chi connectivity index (χ2n) is 6.15. The normalized spacial score (nSPS) is 19.1. The van der Waals surface area contributed by atoms with Crippen molar-refractivity contribution in [3.63, 3.8) is 0 Å². The van der Waals surface area contributed by atoms with Gasteiger partial charge in [-0.15, -0.1) is 11.3 Å². The lowest BCUT2D eigenvalue weighted by molar-refractivity contribution is -0.388. The van der Waals surface area contributed by atoms with E-state index >= 15 is 0 Å². The Balaban J connectivity index is 1.89. The number of rotatable bonds is 5. The molecule has 1 saturated heterocycles. The molecular formula is C17H17F3N2O4S. The average Bonchev–Trinajstić information content (AvgIpc) is 3.15. The summed E-state index contributed by atoms with van der Waals surface area (Å²) in [5.74, 6) is 0. The van der Waals surface area contributed by atoms with Crippen LogP contribution in [0.25, 0.3) is 0 Å². The van der Waals surface area contributed by atoms with Gasteiger partial charge in [-0.3, -0.25) is 10.1 Å². The molecule has 0 saturated carbocycles. The zero-order valence-corrected chi connectivity index (χ0v) is 14.9. The highest BCUT2D eigenvalue weighted by Crippen LogP contribution is 2.39. The summed E-state index contributed by atoms with van der Waals surface area (Å²) in [6.45, 7) is 0.904. The number of alkyl halides is 3. The molecule has 1 aliphatic heterocycles. The molecule has 1 fully saturated rings. The summed E-state index contributed by atoms with van der Waals surface area (Å²) in [6, 6.07) is 6.23. The molecule has 1 aromatic carbocycles. The topological polar surface area (TPSA) is 75.8 Å². The summed E-state index contributed by atoms with van der Waals surface area (Å²) in [5.41, 5.74) is -2.04. The maximum Gasteiger partial charge on any atom is 0.423 e. The van der Waals surface area contributed by atoms with Gasteiger partial charge in [0, 0.05) is 29.6 Å². The lowest BCUT2D eigenvalue weighted by Crippen LogP contribution is -2.46. The highest BCUT2D eigenvalue weighted by molar-refractivity contribution is 7.10. The van der Waals surface area contributed by atoms with Crippen LogP contribution < -0.4 is 4.90 Å². The average molecular weight is 402 g/mol. The number of halogens is 3. The van der Waals surface area contributed by atoms with Crippen LogP contribution in [0.3, 0.4) is 0 Å². The number of hydrogen-bond acceptors (Lipinski definition) is 6. The molecular weight excluding hydrogens is 385 g/mol. The van der Waals surface area contributed by atoms with E-state index in [1.807, 2.05) is 11.4 Å². The van der Waals surface area contributed by atoms with Crippen LogP contribution in [0.15, 0.2) is 35.7 Å². The maximum absolute atomic E-state index is 13.3. The van der Waals surface area contributed by atoms with E-state index in [1.54, 1.807) is 11.0 Å². The largest absolute Gasteiger partial charge is 0.423 e. The number of nitro benzene ring substituents is 1. The minimum Gasteiger partial charge on any atom is -0.387 e. The molecule has 1 aliphatic rings. The SMILES string of the molecule is O=[N+]([O-])c1ccc(N2CCOCC2CC(O)c2cccs2)cc1C(F)(F)F. The summed E-state index contributed by atoms with van der Waals surface area (Å²) in [4.78, 5) is 12.4. The molecule has 146 valence electrons. The fraction of sp³-hybridized carbons (Fsp3) is 0.412. The minimum absolute atomic E-state index is 0.222. The number of thiophene rings is 1. The molecule has 0 spiro atoms. The molecule has 1 N–H and O–H groups in total. The number of benzene rings is 1. The van der Waals surface area contributed by atoms with Crippen molar-refractivity contribution in [1.29, 1.82) is 0 Å². The van der Waals surface area contributed by atoms with Gasteiger partial charge >= 0.3 is 6.18 Å². The second-order valence-corrected chi connectivity index (χ2v) is 7.12. The lowest BCUT2D eigenvalue weighted by atomic mass is 10.0. The van der Waals surface area contributed by atoms with Crippen molar-refractivity contribution in [3.05, 3.63) is 56.3 Å². The number of aliphatic hydroxyl groups excluding tert-OH is 1. The van der Waals surface area contributed by atoms with Crippen molar-refractivity contribution in [2.45, 2.75) is 24.7 Å². The zero-order valence-electron chi connectivity index (χ0n) is 14.1. The Morgan fingerprint density at radius 3 is 2.81 bits per heavy atom. The van der Waals surface area contributed by atoms with Gasteiger partial charge in [-0.05, 0) is 23.6 Å². The second kappa shape index (κ2) is 7.83. The molecule has 2 atom stereocenters. The van der Waals surface area contributed by atoms with Crippen molar-refractivity contribution in [2.24, 2.45) is 0 Å². The highest BCUT2D eigenvalue weighted by Gasteiger charge is 2.39. The molecule has 2 unspecified atom stereocenters. The molecule has 3 rings (SSSR count). The first-order chi connectivity index (χ1) is 12.8. The fourth-order valence-electron chi connectivity index (χ4n) is 3.13. The molecule has 0 aliphatic carbocycles. The van der Waals surface area contributed by atoms with Crippen LogP contribution in [0.5, 0.6) is 0 Å². The summed E-state index contributed by atoms with van der Waals surface area (Å²) in [5, 5.41) is 23.2. The monoisotopic (exact) mass is 402 g/mol. The first-order valence-corrected chi connectivity index (χ1v) is 9.07. The summed E-state index contributed by atoms with van der Waals surface area (Å²) in [7, 11) is 0. The van der Waals surface area contributed by atoms with Crippen LogP contribution in [0, 0.1) is 10.1 Å². The Bertz CT molecular complexity index is 798. The van der Waals surface area contributed by atoms with Crippen molar-refractivity contribution < 1.29 is 27.9 Å². The van der Waals surface area contributed by atoms with Crippen molar-refractivity contribution in [3.8, 4) is 0 Å². The van der Waals surface area contributed by atoms with E-state index in [4.69, 9.17) is 4.74 Å². The molecule has 0 bridgehead atoms. The number of nitrogens with zero attached hydrogens (tertiary/aromatic N) is 2. The molecule has 1 aromatic heterocycles. The van der Waals surface area contributed by atoms with Gasteiger partial charge in [-0.25, -0.2) is 0 Å². The van der Waals surface area contributed by atoms with E-state index in [9.17, 15) is 28.4 Å². The first-order valence-electron chi connectivity index (χ1n) is 8.19. The van der Waals surface area contributed by atoms with E-state index in [1.165, 1.54) is 17.4 Å². The van der Waals surface area contributed by atoms with E-state index in [0.29, 0.717) is 13.2 Å². The van der Waals surface area contributed by atoms with Crippen LogP contribution in [0.4, 0.5) is 24.5 Å². The molecule has 0 radical (unpaired) electrons. The van der Waals surface area contributed by atoms with Gasteiger partial charge < -0.3 is 14.7 Å². The summed E-state index contributed by atoms with van der Waals surface area (Å²) < 4.78 is 45.2. The molecule has 2 aromatic rings. The van der Waals surface area contributed by atoms with Crippen LogP contribution in [-0.4, -0.2) is 35.8 Å². The third kappa shape index (κ3) is 4.40. The summed E-state index contributed by atoms with van der Waals surface area (Å²) >= 11 is 1.39. The number of hydrogen-bond donors (Lipinski definition) is 1. The smallest absolute Gasteiger partial charge is 0.387 e. The predicted octanol–water partition coefficient (Wildman–Crippen LogP) is 4.00. The minimum atomic E-state index is -4.84. The molecule has 10 heteroatoms. The third-order valence-corrected chi connectivity index (χ3v) is 5.38. The Morgan fingerprint density at radius 1 is 1.41 bits per heavy atom. The molecule has 0 amide bonds. The number of nitro groups is 1. The highest BCUT2D eigenvalue weighted by atomic mass is 32.1. The van der Waals surface area contributed by atoms with Gasteiger partial charge in [0.1, 0.15) is 5.56 Å². The Morgan fingerprint density at radius 2 is 2.19 bits per heavy atom.